The van der Waals surface area contributed by atoms with Gasteiger partial charge in [0.05, 0.1) is 0 Å². The van der Waals surface area contributed by atoms with Crippen molar-refractivity contribution in [2.45, 2.75) is 91.9 Å². The molecular weight excluding hydrogens is 1000 g/mol. The Bertz CT molecular complexity index is 3330. The SMILES string of the molecule is C=[N+](c1ccccc1)c1c(N=C2C=C(C)C(NC)=CC2)ccc(NCCCCCCNC(=O)c2ccc(-c3ccc(C(=O)NCCCCCCNC4=C(C)CC(=Nc5cc(C)c(NC)cc5[NH2+]c5ccccc5)C=C4)cc3)cc2)c1C. The molecule has 12 nitrogen and oxygen atoms in total. The number of benzene rings is 6. The molecule has 0 saturated heterocycles. The molecule has 6 aromatic carbocycles. The van der Waals surface area contributed by atoms with Crippen molar-refractivity contribution < 1.29 is 14.9 Å². The number of aryl methyl sites for hydroxylation is 1. The van der Waals surface area contributed by atoms with Crippen LogP contribution in [0.2, 0.25) is 0 Å². The largest absolute Gasteiger partial charge is 0.388 e. The van der Waals surface area contributed by atoms with E-state index in [2.05, 4.69) is 157 Å². The molecule has 2 amide bonds. The van der Waals surface area contributed by atoms with Crippen molar-refractivity contribution in [3.8, 4) is 11.1 Å². The molecule has 0 atom stereocenters. The molecule has 81 heavy (non-hydrogen) atoms. The first kappa shape index (κ1) is 58.5. The molecule has 0 saturated carbocycles. The van der Waals surface area contributed by atoms with E-state index in [1.165, 1.54) is 22.4 Å². The van der Waals surface area contributed by atoms with E-state index in [0.29, 0.717) is 24.2 Å². The van der Waals surface area contributed by atoms with Crippen LogP contribution in [0.15, 0.2) is 190 Å². The van der Waals surface area contributed by atoms with E-state index in [1.54, 1.807) is 0 Å². The van der Waals surface area contributed by atoms with Crippen LogP contribution in [0.5, 0.6) is 0 Å². The van der Waals surface area contributed by atoms with Crippen molar-refractivity contribution in [3.63, 3.8) is 0 Å². The molecule has 0 bridgehead atoms. The summed E-state index contributed by atoms with van der Waals surface area (Å²) in [5, 5.41) is 22.3. The number of carbonyl (C=O) groups is 2. The first-order valence-electron chi connectivity index (χ1n) is 28.8. The zero-order chi connectivity index (χ0) is 56.9. The molecule has 0 aliphatic heterocycles. The van der Waals surface area contributed by atoms with Gasteiger partial charge in [-0.05, 0) is 154 Å². The Morgan fingerprint density at radius 3 is 1.75 bits per heavy atom. The summed E-state index contributed by atoms with van der Waals surface area (Å²) in [4.78, 5) is 36.3. The summed E-state index contributed by atoms with van der Waals surface area (Å²) in [5.41, 5.74) is 20.6. The van der Waals surface area contributed by atoms with Crippen LogP contribution in [0.1, 0.15) is 110 Å². The molecule has 0 radical (unpaired) electrons. The fourth-order valence-electron chi connectivity index (χ4n) is 10.3. The predicted octanol–water partition coefficient (Wildman–Crippen LogP) is 13.9. The van der Waals surface area contributed by atoms with Gasteiger partial charge in [0.25, 0.3) is 11.8 Å². The summed E-state index contributed by atoms with van der Waals surface area (Å²) >= 11 is 0. The molecular formula is C69H82N10O2+2. The van der Waals surface area contributed by atoms with E-state index >= 15 is 0 Å². The number of quaternary nitrogens is 1. The summed E-state index contributed by atoms with van der Waals surface area (Å²) in [7, 11) is 3.91. The highest BCUT2D eigenvalue weighted by Gasteiger charge is 2.23. The van der Waals surface area contributed by atoms with Crippen LogP contribution in [0.4, 0.5) is 45.5 Å². The second-order valence-corrected chi connectivity index (χ2v) is 21.1. The van der Waals surface area contributed by atoms with Crippen LogP contribution in [0, 0.1) is 13.8 Å². The van der Waals surface area contributed by atoms with E-state index in [4.69, 9.17) is 9.98 Å². The minimum atomic E-state index is -0.0730. The molecule has 2 aliphatic carbocycles. The van der Waals surface area contributed by atoms with Crippen molar-refractivity contribution in [1.29, 1.82) is 0 Å². The first-order valence-corrected chi connectivity index (χ1v) is 28.8. The molecule has 8 N–H and O–H groups in total. The van der Waals surface area contributed by atoms with Gasteiger partial charge in [0, 0.05) is 122 Å². The van der Waals surface area contributed by atoms with Gasteiger partial charge in [-0.25, -0.2) is 9.98 Å². The molecule has 2 aliphatic rings. The number of allylic oxidation sites excluding steroid dienone is 6. The lowest BCUT2D eigenvalue weighted by Gasteiger charge is -2.17. The maximum absolute atomic E-state index is 13.0. The third-order valence-electron chi connectivity index (χ3n) is 15.0. The number of unbranched alkanes of at least 4 members (excludes halogenated alkanes) is 6. The van der Waals surface area contributed by atoms with E-state index in [9.17, 15) is 9.59 Å². The smallest absolute Gasteiger partial charge is 0.251 e. The number of nitrogens with two attached hydrogens (primary N) is 1. The second-order valence-electron chi connectivity index (χ2n) is 21.1. The van der Waals surface area contributed by atoms with Gasteiger partial charge in [0.2, 0.25) is 11.4 Å². The van der Waals surface area contributed by atoms with Gasteiger partial charge in [0.15, 0.2) is 5.69 Å². The average molecular weight is 1080 g/mol. The number of rotatable bonds is 27. The minimum Gasteiger partial charge on any atom is -0.388 e. The normalized spacial score (nSPS) is 14.1. The van der Waals surface area contributed by atoms with E-state index in [0.717, 1.165) is 157 Å². The van der Waals surface area contributed by atoms with Crippen molar-refractivity contribution >= 4 is 75.5 Å². The topological polar surface area (TPSA) is 151 Å². The van der Waals surface area contributed by atoms with E-state index in [-0.39, 0.29) is 11.8 Å². The molecule has 0 spiro atoms. The van der Waals surface area contributed by atoms with Gasteiger partial charge in [-0.3, -0.25) is 14.9 Å². The quantitative estimate of drug-likeness (QED) is 0.0118. The highest BCUT2D eigenvalue weighted by Crippen LogP contribution is 2.38. The Morgan fingerprint density at radius 2 is 1.17 bits per heavy atom. The van der Waals surface area contributed by atoms with Gasteiger partial charge >= 0.3 is 0 Å². The van der Waals surface area contributed by atoms with Gasteiger partial charge < -0.3 is 31.9 Å². The summed E-state index contributed by atoms with van der Waals surface area (Å²) in [6, 6.07) is 44.5. The van der Waals surface area contributed by atoms with Crippen LogP contribution in [0.25, 0.3) is 11.1 Å². The Hall–Kier alpha value is -8.61. The van der Waals surface area contributed by atoms with Crippen LogP contribution < -0.4 is 41.8 Å². The van der Waals surface area contributed by atoms with Gasteiger partial charge in [-0.15, -0.1) is 0 Å². The Balaban J connectivity index is 0.692. The van der Waals surface area contributed by atoms with Crippen LogP contribution in [-0.4, -0.2) is 70.2 Å². The summed E-state index contributed by atoms with van der Waals surface area (Å²) in [6.45, 7) is 16.0. The predicted molar refractivity (Wildman–Crippen MR) is 341 cm³/mol. The number of amides is 2. The fraction of sp³-hybridized carbons (Fsp3) is 0.290. The van der Waals surface area contributed by atoms with Crippen LogP contribution in [-0.2, 0) is 0 Å². The standard InChI is InChI=1S/C69H80N10O2/c1-48-44-57(34-36-60(48)70-5)77-63-39-38-62(51(4)67(63)79(7)59-24-16-13-17-25-59)73-41-19-9-11-21-43-75-69(81)55-32-28-53(29-33-55)52-26-30-54(31-27-52)68(80)74-42-20-10-8-18-40-72-61-37-35-58(45-49(61)2)78-65-46-50(3)64(71-6)47-66(65)76-56-22-14-12-15-23-56/h12-17,22-33,35-39,44,46-47,70-73,76H,7-11,18-21,34,40-43,45H2,1-6H3,(H-,74,75,80,81)/p+2. The third-order valence-corrected chi connectivity index (χ3v) is 15.0. The molecule has 12 heteroatoms. The van der Waals surface area contributed by atoms with Gasteiger partial charge in [-0.1, -0.05) is 92.4 Å². The maximum atomic E-state index is 13.0. The van der Waals surface area contributed by atoms with Crippen LogP contribution in [0.3, 0.4) is 0 Å². The number of nitrogens with zero attached hydrogens (tertiary/aromatic N) is 3. The lowest BCUT2D eigenvalue weighted by atomic mass is 10.0. The lowest BCUT2D eigenvalue weighted by molar-refractivity contribution is -0.477. The summed E-state index contributed by atoms with van der Waals surface area (Å²) in [5.74, 6) is -0.139. The number of para-hydroxylation sites is 2. The van der Waals surface area contributed by atoms with Crippen molar-refractivity contribution in [3.05, 3.63) is 203 Å². The monoisotopic (exact) mass is 1080 g/mol. The molecule has 6 aromatic rings. The minimum absolute atomic E-state index is 0.0659. The zero-order valence-electron chi connectivity index (χ0n) is 48.4. The number of hydrogen-bond acceptors (Lipinski definition) is 8. The number of aliphatic imine (C=N–C) groups is 2. The number of nitrogens with one attached hydrogen (secondary N) is 6. The van der Waals surface area contributed by atoms with Crippen molar-refractivity contribution in [2.75, 3.05) is 50.9 Å². The number of carbonyl (C=O) groups excluding carboxylic acids is 2. The average Bonchev–Trinajstić information content (AvgIpc) is 3.63. The summed E-state index contributed by atoms with van der Waals surface area (Å²) < 4.78 is 1.98. The second kappa shape index (κ2) is 29.6. The number of likely N-dealkylation sites (N-methyl/N-ethyl adjacent to an activating group) is 1. The van der Waals surface area contributed by atoms with Gasteiger partial charge in [-0.2, -0.15) is 4.58 Å². The van der Waals surface area contributed by atoms with Crippen LogP contribution >= 0.6 is 0 Å². The Kier molecular flexibility index (Phi) is 21.4. The highest BCUT2D eigenvalue weighted by molar-refractivity contribution is 6.02. The van der Waals surface area contributed by atoms with Crippen molar-refractivity contribution in [1.82, 2.24) is 25.8 Å². The van der Waals surface area contributed by atoms with E-state index < -0.39 is 0 Å². The maximum Gasteiger partial charge on any atom is 0.251 e. The number of anilines is 2. The molecule has 0 unspecified atom stereocenters. The first-order chi connectivity index (χ1) is 39.5. The highest BCUT2D eigenvalue weighted by atomic mass is 16.2. The molecule has 418 valence electrons. The Morgan fingerprint density at radius 1 is 0.593 bits per heavy atom. The summed E-state index contributed by atoms with van der Waals surface area (Å²) in [6.07, 6.45) is 18.3. The zero-order valence-corrected chi connectivity index (χ0v) is 48.4. The molecule has 0 aromatic heterocycles. The molecule has 0 heterocycles. The molecule has 8 rings (SSSR count). The van der Waals surface area contributed by atoms with E-state index in [1.807, 2.05) is 91.5 Å². The van der Waals surface area contributed by atoms with Gasteiger partial charge in [0.1, 0.15) is 23.8 Å². The lowest BCUT2D eigenvalue weighted by Crippen LogP contribution is -2.71. The fourth-order valence-corrected chi connectivity index (χ4v) is 10.3. The van der Waals surface area contributed by atoms with Crippen molar-refractivity contribution in [2.24, 2.45) is 9.98 Å². The third kappa shape index (κ3) is 16.5. The Labute approximate surface area is 480 Å². The molecule has 0 fully saturated rings. The number of hydrogen-bond donors (Lipinski definition) is 7.